The third-order valence-electron chi connectivity index (χ3n) is 1.68. The van der Waals surface area contributed by atoms with Crippen LogP contribution in [0.3, 0.4) is 0 Å². The molecule has 0 saturated carbocycles. The topological polar surface area (TPSA) is 106 Å². The fourth-order valence-corrected chi connectivity index (χ4v) is 0.576. The van der Waals surface area contributed by atoms with E-state index in [2.05, 4.69) is 0 Å². The fraction of sp³-hybridized carbons (Fsp3) is 0.400. The smallest absolute Gasteiger partial charge is 0.454 e. The molecule has 0 aromatic heterocycles. The van der Waals surface area contributed by atoms with Crippen molar-refractivity contribution in [1.29, 1.82) is 0 Å². The minimum atomic E-state index is -5.42. The summed E-state index contributed by atoms with van der Waals surface area (Å²) in [6.45, 7) is 0. The number of hydrogen-bond donors (Lipinski definition) is 2. The molecule has 18 heteroatoms. The first-order valence-electron chi connectivity index (χ1n) is 5.28. The van der Waals surface area contributed by atoms with Crippen molar-refractivity contribution in [2.24, 2.45) is 0 Å². The van der Waals surface area contributed by atoms with Crippen molar-refractivity contribution in [3.8, 4) is 0 Å². The number of carbonyl (C=O) groups is 2. The molecule has 0 heterocycles. The Morgan fingerprint density at radius 1 is 0.536 bits per heavy atom. The van der Waals surface area contributed by atoms with Crippen LogP contribution in [0.5, 0.6) is 0 Å². The van der Waals surface area contributed by atoms with Gasteiger partial charge in [-0.2, -0.15) is 52.7 Å². The van der Waals surface area contributed by atoms with Crippen LogP contribution in [0.1, 0.15) is 0 Å². The van der Waals surface area contributed by atoms with Gasteiger partial charge in [0, 0.05) is 28.9 Å². The normalized spacial score (nSPS) is 13.4. The number of ketones is 2. The van der Waals surface area contributed by atoms with Crippen LogP contribution in [0.15, 0.2) is 23.7 Å². The van der Waals surface area contributed by atoms with Gasteiger partial charge in [0.1, 0.15) is 0 Å². The largest absolute Gasteiger partial charge is 0.504 e. The van der Waals surface area contributed by atoms with Crippen molar-refractivity contribution in [2.75, 3.05) is 0 Å². The van der Waals surface area contributed by atoms with Crippen LogP contribution in [0.25, 0.3) is 0 Å². The van der Waals surface area contributed by atoms with Crippen LogP contribution in [-0.2, 0) is 26.4 Å². The molecule has 0 aromatic carbocycles. The molecule has 28 heavy (non-hydrogen) atoms. The average Bonchev–Trinajstić information content (AvgIpc) is 2.34. The van der Waals surface area contributed by atoms with Gasteiger partial charge in [-0.1, -0.05) is 0 Å². The Hall–Kier alpha value is -1.95. The minimum absolute atomic E-state index is 0. The zero-order chi connectivity index (χ0) is 21.7. The molecule has 0 aliphatic heterocycles. The molecule has 0 atom stereocenters. The fourth-order valence-electron chi connectivity index (χ4n) is 0.576. The number of aliphatic hydroxyl groups excluding tert-OH is 2. The first-order chi connectivity index (χ1) is 11.1. The van der Waals surface area contributed by atoms with Crippen molar-refractivity contribution in [2.45, 2.75) is 24.7 Å². The van der Waals surface area contributed by atoms with Gasteiger partial charge >= 0.3 is 24.7 Å². The Morgan fingerprint density at radius 2 is 0.714 bits per heavy atom. The van der Waals surface area contributed by atoms with E-state index in [1.807, 2.05) is 0 Å². The maximum Gasteiger partial charge on any atom is 0.454 e. The third-order valence-corrected chi connectivity index (χ3v) is 1.68. The average molecular weight is 493 g/mol. The van der Waals surface area contributed by atoms with Gasteiger partial charge in [0.2, 0.25) is 11.5 Å². The van der Waals surface area contributed by atoms with Crippen molar-refractivity contribution < 1.29 is 94.7 Å². The van der Waals surface area contributed by atoms with E-state index >= 15 is 0 Å². The van der Waals surface area contributed by atoms with Gasteiger partial charge in [-0.3, -0.25) is 9.59 Å². The van der Waals surface area contributed by atoms with Crippen molar-refractivity contribution >= 4 is 11.6 Å². The van der Waals surface area contributed by atoms with Crippen LogP contribution in [0.4, 0.5) is 52.7 Å². The summed E-state index contributed by atoms with van der Waals surface area (Å²) in [6, 6.07) is 0. The van der Waals surface area contributed by atoms with Gasteiger partial charge in [-0.25, -0.2) is 0 Å². The molecule has 0 aliphatic rings. The molecule has 169 valence electrons. The van der Waals surface area contributed by atoms with Crippen LogP contribution in [0, 0.1) is 0 Å². The number of alkyl halides is 12. The van der Waals surface area contributed by atoms with Crippen molar-refractivity contribution in [3.63, 3.8) is 0 Å². The number of carbonyl (C=O) groups excluding carboxylic acids is 2. The summed E-state index contributed by atoms with van der Waals surface area (Å²) in [4.78, 5) is 19.7. The molecule has 0 aliphatic carbocycles. The Bertz CT molecular complexity index is 530. The summed E-state index contributed by atoms with van der Waals surface area (Å²) in [5.41, 5.74) is 0. The predicted octanol–water partition coefficient (Wildman–Crippen LogP) is 3.42. The second-order valence-electron chi connectivity index (χ2n) is 3.78. The zero-order valence-corrected chi connectivity index (χ0v) is 13.3. The standard InChI is InChI=1S/2C5H2F6O2.Co.H2O/c2*6-4(7,8)2(12)1-3(13)5(9,10)11;;/h2*1,12H;;1H2/b2*2-1-;;. The Labute approximate surface area is 155 Å². The number of aliphatic hydroxyl groups is 2. The Morgan fingerprint density at radius 3 is 0.821 bits per heavy atom. The molecule has 0 fully saturated rings. The minimum Gasteiger partial charge on any atom is -0.504 e. The molecule has 0 amide bonds. The van der Waals surface area contributed by atoms with E-state index in [1.165, 1.54) is 0 Å². The Kier molecular flexibility index (Phi) is 13.4. The summed E-state index contributed by atoms with van der Waals surface area (Å²) in [5.74, 6) is -10.7. The molecule has 4 N–H and O–H groups in total. The number of allylic oxidation sites excluding steroid dienone is 4. The third kappa shape index (κ3) is 14.1. The second-order valence-corrected chi connectivity index (χ2v) is 3.78. The van der Waals surface area contributed by atoms with Gasteiger partial charge in [-0.05, 0) is 0 Å². The van der Waals surface area contributed by atoms with Crippen LogP contribution < -0.4 is 0 Å². The van der Waals surface area contributed by atoms with Crippen LogP contribution in [-0.4, -0.2) is 52.0 Å². The second kappa shape index (κ2) is 11.1. The van der Waals surface area contributed by atoms with E-state index in [-0.39, 0.29) is 22.3 Å². The molecule has 0 spiro atoms. The van der Waals surface area contributed by atoms with Gasteiger partial charge in [0.05, 0.1) is 0 Å². The molecule has 0 aromatic rings. The quantitative estimate of drug-likeness (QED) is 0.350. The molecule has 5 nitrogen and oxygen atoms in total. The summed E-state index contributed by atoms with van der Waals surface area (Å²) < 4.78 is 136. The maximum absolute atomic E-state index is 11.4. The first kappa shape index (κ1) is 33.6. The van der Waals surface area contributed by atoms with Crippen molar-refractivity contribution in [1.82, 2.24) is 0 Å². The summed E-state index contributed by atoms with van der Waals surface area (Å²) in [7, 11) is 0. The number of rotatable bonds is 2. The van der Waals surface area contributed by atoms with E-state index in [4.69, 9.17) is 10.2 Å². The maximum atomic E-state index is 11.4. The number of halogens is 12. The predicted molar refractivity (Wildman–Crippen MR) is 59.3 cm³/mol. The molecule has 1 radical (unpaired) electrons. The van der Waals surface area contributed by atoms with Crippen molar-refractivity contribution in [3.05, 3.63) is 23.7 Å². The molecule has 0 unspecified atom stereocenters. The monoisotopic (exact) mass is 493 g/mol. The van der Waals surface area contributed by atoms with Gasteiger partial charge in [-0.15, -0.1) is 0 Å². The van der Waals surface area contributed by atoms with Crippen LogP contribution >= 0.6 is 0 Å². The van der Waals surface area contributed by atoms with Gasteiger partial charge < -0.3 is 15.7 Å². The molecular weight excluding hydrogens is 487 g/mol. The molecule has 0 rings (SSSR count). The van der Waals surface area contributed by atoms with E-state index < -0.39 is 59.9 Å². The SMILES string of the molecule is O.O=C(/C=C(\O)C(F)(F)F)C(F)(F)F.O=C(/C=C(\O)C(F)(F)F)C(F)(F)F.[Co]. The van der Waals surface area contributed by atoms with E-state index in [9.17, 15) is 62.3 Å². The Balaban J connectivity index is -0.000000192. The van der Waals surface area contributed by atoms with E-state index in [0.29, 0.717) is 0 Å². The van der Waals surface area contributed by atoms with Gasteiger partial charge in [0.15, 0.2) is 0 Å². The van der Waals surface area contributed by atoms with Crippen LogP contribution in [0.2, 0.25) is 0 Å². The van der Waals surface area contributed by atoms with E-state index in [1.54, 1.807) is 0 Å². The zero-order valence-electron chi connectivity index (χ0n) is 12.2. The summed E-state index contributed by atoms with van der Waals surface area (Å²) in [6.07, 6.45) is -23.4. The molecule has 0 saturated heterocycles. The summed E-state index contributed by atoms with van der Waals surface area (Å²) >= 11 is 0. The van der Waals surface area contributed by atoms with Gasteiger partial charge in [0.25, 0.3) is 11.6 Å². The van der Waals surface area contributed by atoms with E-state index in [0.717, 1.165) is 0 Å². The summed E-state index contributed by atoms with van der Waals surface area (Å²) in [5, 5.41) is 15.9. The molecular formula is C10H6CoF12O5. The first-order valence-corrected chi connectivity index (χ1v) is 5.28. The number of hydrogen-bond acceptors (Lipinski definition) is 4. The molecule has 0 bridgehead atoms.